The minimum atomic E-state index is -0.302. The van der Waals surface area contributed by atoms with Gasteiger partial charge < -0.3 is 9.52 Å². The van der Waals surface area contributed by atoms with Crippen molar-refractivity contribution in [1.29, 1.82) is 0 Å². The Morgan fingerprint density at radius 2 is 2.08 bits per heavy atom. The van der Waals surface area contributed by atoms with E-state index in [2.05, 4.69) is 21.7 Å². The molecule has 1 aromatic heterocycles. The molecule has 1 N–H and O–H groups in total. The average Bonchev–Trinajstić information content (AvgIpc) is 2.99. The highest BCUT2D eigenvalue weighted by Gasteiger charge is 2.25. The van der Waals surface area contributed by atoms with E-state index in [4.69, 9.17) is 4.42 Å². The van der Waals surface area contributed by atoms with E-state index in [1.165, 1.54) is 12.1 Å². The first-order valence-corrected chi connectivity index (χ1v) is 8.36. The summed E-state index contributed by atoms with van der Waals surface area (Å²) < 4.78 is 18.8. The summed E-state index contributed by atoms with van der Waals surface area (Å²) in [6.45, 7) is 8.14. The Kier molecular flexibility index (Phi) is 5.28. The predicted molar refractivity (Wildman–Crippen MR) is 89.9 cm³/mol. The first-order chi connectivity index (χ1) is 11.5. The fraction of sp³-hybridized carbons (Fsp3) is 0.500. The van der Waals surface area contributed by atoms with Crippen molar-refractivity contribution < 1.29 is 13.9 Å². The summed E-state index contributed by atoms with van der Waals surface area (Å²) in [6.07, 6.45) is 1.39. The van der Waals surface area contributed by atoms with Crippen LogP contribution in [0.2, 0.25) is 0 Å². The second-order valence-corrected chi connectivity index (χ2v) is 6.55. The molecule has 1 fully saturated rings. The Labute approximate surface area is 141 Å². The van der Waals surface area contributed by atoms with E-state index in [1.54, 1.807) is 18.3 Å². The van der Waals surface area contributed by atoms with Crippen molar-refractivity contribution in [3.8, 4) is 11.3 Å². The lowest BCUT2D eigenvalue weighted by Gasteiger charge is -2.39. The molecule has 130 valence electrons. The normalized spacial score (nSPS) is 21.1. The predicted octanol–water partition coefficient (Wildman–Crippen LogP) is 2.37. The Hall–Kier alpha value is -1.76. The zero-order valence-corrected chi connectivity index (χ0v) is 14.2. The average molecular weight is 333 g/mol. The Morgan fingerprint density at radius 3 is 2.75 bits per heavy atom. The second kappa shape index (κ2) is 7.42. The topological polar surface area (TPSA) is 52.7 Å². The van der Waals surface area contributed by atoms with Crippen molar-refractivity contribution in [1.82, 2.24) is 14.8 Å². The van der Waals surface area contributed by atoms with Crippen molar-refractivity contribution >= 4 is 0 Å². The van der Waals surface area contributed by atoms with E-state index in [-0.39, 0.29) is 11.9 Å². The van der Waals surface area contributed by atoms with Crippen molar-refractivity contribution in [3.05, 3.63) is 42.2 Å². The third kappa shape index (κ3) is 4.20. The highest BCUT2D eigenvalue weighted by atomic mass is 19.1. The Balaban J connectivity index is 1.58. The molecule has 2 heterocycles. The number of benzene rings is 1. The van der Waals surface area contributed by atoms with Crippen LogP contribution >= 0.6 is 0 Å². The number of halogens is 1. The van der Waals surface area contributed by atoms with Crippen LogP contribution < -0.4 is 0 Å². The molecule has 1 aliphatic heterocycles. The number of rotatable bonds is 5. The summed E-state index contributed by atoms with van der Waals surface area (Å²) in [4.78, 5) is 8.96. The van der Waals surface area contributed by atoms with E-state index < -0.39 is 0 Å². The number of nitrogens with zero attached hydrogens (tertiary/aromatic N) is 3. The summed E-state index contributed by atoms with van der Waals surface area (Å²) in [6, 6.07) is 6.61. The number of hydrogen-bond donors (Lipinski definition) is 1. The lowest BCUT2D eigenvalue weighted by molar-refractivity contribution is 0.0393. The van der Waals surface area contributed by atoms with Gasteiger partial charge in [0.2, 0.25) is 5.89 Å². The highest BCUT2D eigenvalue weighted by molar-refractivity contribution is 5.55. The van der Waals surface area contributed by atoms with Gasteiger partial charge in [-0.15, -0.1) is 0 Å². The molecule has 2 atom stereocenters. The molecular weight excluding hydrogens is 309 g/mol. The first-order valence-electron chi connectivity index (χ1n) is 8.36. The number of β-amino-alcohol motifs (C(OH)–C–C–N with tert-alkyl or cyclic N) is 1. The van der Waals surface area contributed by atoms with Crippen LogP contribution in [0.5, 0.6) is 0 Å². The van der Waals surface area contributed by atoms with Crippen LogP contribution in [0.1, 0.15) is 19.7 Å². The lowest BCUT2D eigenvalue weighted by atomic mass is 10.1. The molecule has 0 spiro atoms. The lowest BCUT2D eigenvalue weighted by Crippen LogP contribution is -2.53. The van der Waals surface area contributed by atoms with Gasteiger partial charge in [0.25, 0.3) is 0 Å². The van der Waals surface area contributed by atoms with Crippen molar-refractivity contribution in [2.24, 2.45) is 0 Å². The molecule has 2 unspecified atom stereocenters. The summed E-state index contributed by atoms with van der Waals surface area (Å²) >= 11 is 0. The van der Waals surface area contributed by atoms with Gasteiger partial charge in [-0.25, -0.2) is 9.37 Å². The van der Waals surface area contributed by atoms with Gasteiger partial charge in [0.05, 0.1) is 18.8 Å². The molecule has 0 bridgehead atoms. The van der Waals surface area contributed by atoms with Crippen LogP contribution in [-0.4, -0.2) is 58.2 Å². The molecule has 24 heavy (non-hydrogen) atoms. The maximum absolute atomic E-state index is 13.0. The van der Waals surface area contributed by atoms with E-state index in [0.717, 1.165) is 25.2 Å². The van der Waals surface area contributed by atoms with Crippen molar-refractivity contribution in [2.45, 2.75) is 32.5 Å². The number of piperazine rings is 1. The van der Waals surface area contributed by atoms with Crippen LogP contribution in [0.15, 0.2) is 34.9 Å². The molecule has 5 nitrogen and oxygen atoms in total. The van der Waals surface area contributed by atoms with Gasteiger partial charge >= 0.3 is 0 Å². The zero-order chi connectivity index (χ0) is 17.1. The quantitative estimate of drug-likeness (QED) is 0.910. The SMILES string of the molecule is CC(O)CN1CCN(Cc2ncc(-c3ccc(F)cc3)o2)CC1C. The second-order valence-electron chi connectivity index (χ2n) is 6.55. The molecule has 0 saturated carbocycles. The standard InChI is InChI=1S/C18H24FN3O2/c1-13-10-21(7-8-22(13)11-14(2)23)12-18-20-9-17(24-18)15-3-5-16(19)6-4-15/h3-6,9,13-14,23H,7-8,10-12H2,1-2H3. The van der Waals surface area contributed by atoms with Gasteiger partial charge in [0.1, 0.15) is 5.82 Å². The minimum absolute atomic E-state index is 0.262. The first kappa shape index (κ1) is 17.1. The van der Waals surface area contributed by atoms with Gasteiger partial charge in [0.15, 0.2) is 5.76 Å². The monoisotopic (exact) mass is 333 g/mol. The van der Waals surface area contributed by atoms with Gasteiger partial charge in [-0.3, -0.25) is 9.80 Å². The Morgan fingerprint density at radius 1 is 1.33 bits per heavy atom. The molecule has 0 amide bonds. The smallest absolute Gasteiger partial charge is 0.209 e. The number of aliphatic hydroxyl groups is 1. The molecule has 0 aliphatic carbocycles. The summed E-state index contributed by atoms with van der Waals surface area (Å²) in [5, 5.41) is 9.55. The molecule has 1 aromatic carbocycles. The number of oxazole rings is 1. The molecule has 0 radical (unpaired) electrons. The molecule has 1 aliphatic rings. The van der Waals surface area contributed by atoms with Crippen LogP contribution in [0.25, 0.3) is 11.3 Å². The number of aromatic nitrogens is 1. The van der Waals surface area contributed by atoms with Crippen LogP contribution in [-0.2, 0) is 6.54 Å². The molecule has 2 aromatic rings. The van der Waals surface area contributed by atoms with E-state index in [0.29, 0.717) is 30.8 Å². The van der Waals surface area contributed by atoms with Gasteiger partial charge in [0, 0.05) is 37.8 Å². The highest BCUT2D eigenvalue weighted by Crippen LogP contribution is 2.22. The molecule has 6 heteroatoms. The Bertz CT molecular complexity index is 657. The third-order valence-electron chi connectivity index (χ3n) is 4.39. The van der Waals surface area contributed by atoms with Gasteiger partial charge in [-0.05, 0) is 38.1 Å². The maximum Gasteiger partial charge on any atom is 0.209 e. The van der Waals surface area contributed by atoms with Crippen molar-refractivity contribution in [2.75, 3.05) is 26.2 Å². The fourth-order valence-electron chi connectivity index (χ4n) is 3.15. The van der Waals surface area contributed by atoms with E-state index in [1.807, 2.05) is 6.92 Å². The third-order valence-corrected chi connectivity index (χ3v) is 4.39. The summed E-state index contributed by atoms with van der Waals surface area (Å²) in [5.41, 5.74) is 0.824. The van der Waals surface area contributed by atoms with Crippen LogP contribution in [0, 0.1) is 5.82 Å². The van der Waals surface area contributed by atoms with Crippen molar-refractivity contribution in [3.63, 3.8) is 0 Å². The van der Waals surface area contributed by atoms with Crippen LogP contribution in [0.3, 0.4) is 0 Å². The van der Waals surface area contributed by atoms with E-state index >= 15 is 0 Å². The molecule has 1 saturated heterocycles. The molecular formula is C18H24FN3O2. The number of hydrogen-bond acceptors (Lipinski definition) is 5. The van der Waals surface area contributed by atoms with Crippen LogP contribution in [0.4, 0.5) is 4.39 Å². The summed E-state index contributed by atoms with van der Waals surface area (Å²) in [7, 11) is 0. The largest absolute Gasteiger partial charge is 0.439 e. The van der Waals surface area contributed by atoms with Gasteiger partial charge in [-0.1, -0.05) is 0 Å². The zero-order valence-electron chi connectivity index (χ0n) is 14.2. The maximum atomic E-state index is 13.0. The van der Waals surface area contributed by atoms with E-state index in [9.17, 15) is 9.50 Å². The number of aliphatic hydroxyl groups excluding tert-OH is 1. The van der Waals surface area contributed by atoms with Gasteiger partial charge in [-0.2, -0.15) is 0 Å². The minimum Gasteiger partial charge on any atom is -0.439 e. The summed E-state index contributed by atoms with van der Waals surface area (Å²) in [5.74, 6) is 1.07. The molecule has 3 rings (SSSR count). The fourth-order valence-corrected chi connectivity index (χ4v) is 3.15.